The number of rotatable bonds is 2. The Morgan fingerprint density at radius 3 is 2.29 bits per heavy atom. The molecule has 0 bridgehead atoms. The monoisotopic (exact) mass is 162 g/mol. The number of hydrogen-bond acceptors (Lipinski definition) is 3. The molecule has 0 radical (unpaired) electrons. The summed E-state index contributed by atoms with van der Waals surface area (Å²) in [5.74, 6) is 0. The molecule has 0 heterocycles. The second-order valence-electron chi connectivity index (χ2n) is 0.693. The van der Waals surface area contributed by atoms with E-state index in [4.69, 9.17) is 4.89 Å². The molecular formula is H4ClO4PSi. The molecule has 0 spiro atoms. The largest absolute Gasteiger partial charge is 0.447 e. The molecule has 0 aromatic carbocycles. The van der Waals surface area contributed by atoms with E-state index in [0.29, 0.717) is 0 Å². The van der Waals surface area contributed by atoms with Crippen molar-refractivity contribution in [1.29, 1.82) is 0 Å². The van der Waals surface area contributed by atoms with Crippen LogP contribution < -0.4 is 0 Å². The van der Waals surface area contributed by atoms with Crippen LogP contribution in [0.15, 0.2) is 0 Å². The highest BCUT2D eigenvalue weighted by Gasteiger charge is 2.12. The standard InChI is InChI=1S/ClH4O4PSi/c1-6(2,3)4-5-7/h7H3,(H,2,3). The molecular weight excluding hydrogens is 159 g/mol. The van der Waals surface area contributed by atoms with Crippen molar-refractivity contribution >= 4 is 28.7 Å². The molecule has 0 saturated carbocycles. The lowest BCUT2D eigenvalue weighted by atomic mass is 14.9. The van der Waals surface area contributed by atoms with Crippen molar-refractivity contribution in [2.75, 3.05) is 0 Å². The van der Waals surface area contributed by atoms with Gasteiger partial charge in [-0.05, 0) is 0 Å². The molecule has 0 aliphatic heterocycles. The van der Waals surface area contributed by atoms with Crippen LogP contribution >= 0.6 is 18.2 Å². The lowest BCUT2D eigenvalue weighted by Crippen LogP contribution is -1.80. The Kier molecular flexibility index (Phi) is 3.06. The summed E-state index contributed by atoms with van der Waals surface area (Å²) < 4.78 is 17.4. The Bertz CT molecular complexity index is 85.7. The third kappa shape index (κ3) is 6.62. The van der Waals surface area contributed by atoms with E-state index in [-0.39, 0.29) is 10.5 Å². The first-order chi connectivity index (χ1) is 3.06. The van der Waals surface area contributed by atoms with Gasteiger partial charge in [-0.15, -0.1) is 4.67 Å². The highest BCUT2D eigenvalue weighted by atomic mass is 35.7. The van der Waals surface area contributed by atoms with Crippen molar-refractivity contribution in [3.05, 3.63) is 0 Å². The lowest BCUT2D eigenvalue weighted by molar-refractivity contribution is -0.0976. The summed E-state index contributed by atoms with van der Waals surface area (Å²) in [4.78, 5) is 8.01. The summed E-state index contributed by atoms with van der Waals surface area (Å²) in [5.41, 5.74) is 0. The molecule has 0 aromatic heterocycles. The van der Waals surface area contributed by atoms with Crippen LogP contribution in [0.2, 0.25) is 0 Å². The summed E-state index contributed by atoms with van der Waals surface area (Å²) in [6.45, 7) is -3.88. The zero-order valence-corrected chi connectivity index (χ0v) is 7.15. The molecule has 0 fully saturated rings. The number of hydrogen-bond donors (Lipinski definition) is 1. The van der Waals surface area contributed by atoms with Crippen molar-refractivity contribution in [2.45, 2.75) is 0 Å². The Balaban J connectivity index is 3.36. The van der Waals surface area contributed by atoms with Crippen LogP contribution in [-0.2, 0) is 13.8 Å². The molecule has 1 atom stereocenters. The van der Waals surface area contributed by atoms with E-state index in [2.05, 4.69) is 20.5 Å². The molecule has 0 rings (SSSR count). The predicted octanol–water partition coefficient (Wildman–Crippen LogP) is -0.446. The maximum atomic E-state index is 9.81. The van der Waals surface area contributed by atoms with Gasteiger partial charge >= 0.3 is 6.95 Å². The number of halogens is 1. The first kappa shape index (κ1) is 7.62. The Hall–Kier alpha value is 0.617. The van der Waals surface area contributed by atoms with Gasteiger partial charge in [-0.25, -0.2) is 4.57 Å². The van der Waals surface area contributed by atoms with Gasteiger partial charge < -0.3 is 4.89 Å². The van der Waals surface area contributed by atoms with Crippen molar-refractivity contribution in [1.82, 2.24) is 0 Å². The maximum absolute atomic E-state index is 9.81. The molecule has 0 amide bonds. The average molecular weight is 163 g/mol. The molecule has 1 unspecified atom stereocenters. The van der Waals surface area contributed by atoms with Crippen molar-refractivity contribution in [2.24, 2.45) is 0 Å². The summed E-state index contributed by atoms with van der Waals surface area (Å²) >= 11 is 4.62. The van der Waals surface area contributed by atoms with Crippen molar-refractivity contribution < 1.29 is 18.7 Å². The van der Waals surface area contributed by atoms with Crippen LogP contribution in [0.1, 0.15) is 0 Å². The van der Waals surface area contributed by atoms with E-state index in [0.717, 1.165) is 0 Å². The van der Waals surface area contributed by atoms with Gasteiger partial charge in [0.1, 0.15) is 0 Å². The third-order valence-corrected chi connectivity index (χ3v) is 1.12. The maximum Gasteiger partial charge on any atom is 0.447 e. The molecule has 0 saturated heterocycles. The topological polar surface area (TPSA) is 55.8 Å². The lowest BCUT2D eigenvalue weighted by Gasteiger charge is -1.96. The van der Waals surface area contributed by atoms with Crippen molar-refractivity contribution in [3.63, 3.8) is 0 Å². The molecule has 4 nitrogen and oxygen atoms in total. The van der Waals surface area contributed by atoms with E-state index in [9.17, 15) is 4.57 Å². The second kappa shape index (κ2) is 2.81. The zero-order chi connectivity index (χ0) is 5.91. The fraction of sp³-hybridized carbons (Fsp3) is 0. The second-order valence-corrected chi connectivity index (χ2v) is 3.36. The van der Waals surface area contributed by atoms with Gasteiger partial charge in [0.15, 0.2) is 10.5 Å². The summed E-state index contributed by atoms with van der Waals surface area (Å²) in [7, 11) is 0.231. The van der Waals surface area contributed by atoms with Crippen LogP contribution in [-0.4, -0.2) is 15.4 Å². The van der Waals surface area contributed by atoms with Gasteiger partial charge in [0, 0.05) is 11.2 Å². The molecule has 1 N–H and O–H groups in total. The van der Waals surface area contributed by atoms with Gasteiger partial charge in [-0.1, -0.05) is 0 Å². The zero-order valence-electron chi connectivity index (χ0n) is 3.50. The van der Waals surface area contributed by atoms with Crippen LogP contribution in [0, 0.1) is 0 Å². The molecule has 7 heteroatoms. The fourth-order valence-electron chi connectivity index (χ4n) is 0.0919. The smallest absolute Gasteiger partial charge is 0.311 e. The minimum absolute atomic E-state index is 0.231. The highest BCUT2D eigenvalue weighted by Crippen LogP contribution is 2.47. The molecule has 0 aromatic rings. The molecule has 7 heavy (non-hydrogen) atoms. The van der Waals surface area contributed by atoms with Gasteiger partial charge in [0.05, 0.1) is 0 Å². The first-order valence-corrected chi connectivity index (χ1v) is 4.61. The Labute approximate surface area is 48.2 Å². The van der Waals surface area contributed by atoms with Crippen LogP contribution in [0.25, 0.3) is 0 Å². The molecule has 0 aliphatic carbocycles. The normalized spacial score (nSPS) is 19.1. The van der Waals surface area contributed by atoms with Gasteiger partial charge in [-0.3, -0.25) is 4.58 Å². The quantitative estimate of drug-likeness (QED) is 0.259. The Morgan fingerprint density at radius 1 is 1.86 bits per heavy atom. The van der Waals surface area contributed by atoms with Gasteiger partial charge in [0.25, 0.3) is 0 Å². The van der Waals surface area contributed by atoms with E-state index >= 15 is 0 Å². The highest BCUT2D eigenvalue weighted by molar-refractivity contribution is 7.80. The van der Waals surface area contributed by atoms with E-state index in [1.54, 1.807) is 0 Å². The van der Waals surface area contributed by atoms with Crippen LogP contribution in [0.3, 0.4) is 0 Å². The predicted molar refractivity (Wildman–Crippen MR) is 27.8 cm³/mol. The molecule has 44 valence electrons. The van der Waals surface area contributed by atoms with E-state index in [1.807, 2.05) is 0 Å². The van der Waals surface area contributed by atoms with Crippen molar-refractivity contribution in [3.8, 4) is 0 Å². The molecule has 0 aliphatic rings. The van der Waals surface area contributed by atoms with Gasteiger partial charge in [-0.2, -0.15) is 0 Å². The Morgan fingerprint density at radius 2 is 2.29 bits per heavy atom. The van der Waals surface area contributed by atoms with E-state index < -0.39 is 6.95 Å². The van der Waals surface area contributed by atoms with Gasteiger partial charge in [0.2, 0.25) is 0 Å². The SMILES string of the molecule is O=P(O)(Cl)OO[SiH3]. The summed E-state index contributed by atoms with van der Waals surface area (Å²) in [6.07, 6.45) is 0. The van der Waals surface area contributed by atoms with E-state index in [1.165, 1.54) is 0 Å². The average Bonchev–Trinajstić information content (AvgIpc) is 1.30. The first-order valence-electron chi connectivity index (χ1n) is 1.31. The summed E-state index contributed by atoms with van der Waals surface area (Å²) in [6, 6.07) is 0. The fourth-order valence-corrected chi connectivity index (χ4v) is 1.33. The summed E-state index contributed by atoms with van der Waals surface area (Å²) in [5, 5.41) is 0. The van der Waals surface area contributed by atoms with Crippen LogP contribution in [0.4, 0.5) is 0 Å². The van der Waals surface area contributed by atoms with Crippen LogP contribution in [0.5, 0.6) is 0 Å². The minimum atomic E-state index is -3.88. The third-order valence-electron chi connectivity index (χ3n) is 0.166. The minimum Gasteiger partial charge on any atom is -0.311 e.